The average molecular weight is 1420 g/mol. The molecular formula is C104H68N6O. The molecule has 0 amide bonds. The van der Waals surface area contributed by atoms with E-state index in [1.165, 1.54) is 49.7 Å². The van der Waals surface area contributed by atoms with Gasteiger partial charge in [0.25, 0.3) is 0 Å². The molecule has 6 aromatic heterocycles. The zero-order valence-corrected chi connectivity index (χ0v) is 60.5. The molecule has 0 spiro atoms. The topological polar surface area (TPSA) is 66.6 Å². The number of para-hydroxylation sites is 7. The Morgan fingerprint density at radius 2 is 0.703 bits per heavy atom. The predicted octanol–water partition coefficient (Wildman–Crippen LogP) is 27.4. The molecule has 16 aromatic carbocycles. The van der Waals surface area contributed by atoms with E-state index < -0.39 is 6.04 Å². The van der Waals surface area contributed by atoms with Crippen molar-refractivity contribution in [2.75, 3.05) is 0 Å². The van der Waals surface area contributed by atoms with Crippen molar-refractivity contribution in [3.05, 3.63) is 387 Å². The maximum absolute atomic E-state index is 8.72. The minimum atomic E-state index is -0.405. The Kier molecular flexibility index (Phi) is 13.4. The van der Waals surface area contributed by atoms with E-state index in [-0.39, 0.29) is 35.3 Å². The average Bonchev–Trinajstić information content (AvgIpc) is 1.55. The second-order valence-corrected chi connectivity index (χ2v) is 29.4. The molecule has 22 aromatic rings. The molecule has 0 unspecified atom stereocenters. The smallest absolute Gasteiger partial charge is 0.235 e. The molecule has 0 fully saturated rings. The number of hydrogen-bond donors (Lipinski definition) is 0. The monoisotopic (exact) mass is 1420 g/mol. The standard InChI is InChI=1S/C53H35N3O.C51H33N3/c1-53(2)44-15-7-3-11-37(44)38-26-23-36(31-45(38)53)51-41-14-4-8-16-46(41)54-52(55-51)56-47-17-9-5-12-39(47)42-29-34(24-27-48(42)56)32-19-21-33(22-20-32)35-25-28-50-43(30-35)40-13-6-10-18-49(40)57-50;1-3-13-36(14-4-1)43-33-51(52-46-20-10-7-17-40(43)46)54-48-22-12-9-19-42(48)45-32-38(28-30-50(45)54)35-25-23-34(24-26-35)37-27-29-49-44(31-37)41-18-8-11-21-47(41)53(49)39-15-5-2-6-16-39/h3-31H,1-2H3;1-33H/i;2D,5D,6D,15D,16D. The van der Waals surface area contributed by atoms with Crippen molar-refractivity contribution in [3.63, 3.8) is 0 Å². The summed E-state index contributed by atoms with van der Waals surface area (Å²) in [6.45, 7) is 4.66. The van der Waals surface area contributed by atoms with Gasteiger partial charge in [-0.3, -0.25) is 9.13 Å². The van der Waals surface area contributed by atoms with Gasteiger partial charge in [-0.2, -0.15) is 0 Å². The van der Waals surface area contributed by atoms with Crippen LogP contribution >= 0.6 is 0 Å². The Morgan fingerprint density at radius 1 is 0.270 bits per heavy atom. The van der Waals surface area contributed by atoms with Gasteiger partial charge in [-0.15, -0.1) is 0 Å². The molecule has 0 saturated carbocycles. The van der Waals surface area contributed by atoms with Crippen molar-refractivity contribution < 1.29 is 11.3 Å². The number of rotatable bonds is 9. The van der Waals surface area contributed by atoms with E-state index in [9.17, 15) is 0 Å². The molecule has 7 heteroatoms. The van der Waals surface area contributed by atoms with Gasteiger partial charge < -0.3 is 8.98 Å². The molecule has 111 heavy (non-hydrogen) atoms. The third-order valence-electron chi connectivity index (χ3n) is 22.9. The molecule has 0 N–H and O–H groups in total. The van der Waals surface area contributed by atoms with Gasteiger partial charge in [-0.25, -0.2) is 15.0 Å². The molecule has 7 nitrogen and oxygen atoms in total. The summed E-state index contributed by atoms with van der Waals surface area (Å²) in [5.74, 6) is 1.54. The van der Waals surface area contributed by atoms with Gasteiger partial charge in [-0.1, -0.05) is 281 Å². The van der Waals surface area contributed by atoms with Gasteiger partial charge >= 0.3 is 0 Å². The Bertz CT molecular complexity index is 7840. The van der Waals surface area contributed by atoms with Gasteiger partial charge in [0.15, 0.2) is 0 Å². The predicted molar refractivity (Wildman–Crippen MR) is 462 cm³/mol. The van der Waals surface area contributed by atoms with E-state index in [2.05, 4.69) is 308 Å². The zero-order chi connectivity index (χ0) is 77.8. The molecule has 1 aliphatic carbocycles. The van der Waals surface area contributed by atoms with Crippen molar-refractivity contribution in [1.29, 1.82) is 0 Å². The molecular weight excluding hydrogens is 1350 g/mol. The highest BCUT2D eigenvalue weighted by molar-refractivity contribution is 6.14. The maximum Gasteiger partial charge on any atom is 0.235 e. The second kappa shape index (κ2) is 25.3. The summed E-state index contributed by atoms with van der Waals surface area (Å²) >= 11 is 0. The number of furan rings is 1. The number of fused-ring (bicyclic) bond motifs is 17. The molecule has 1 aliphatic rings. The van der Waals surface area contributed by atoms with E-state index in [0.29, 0.717) is 5.95 Å². The molecule has 0 radical (unpaired) electrons. The quantitative estimate of drug-likeness (QED) is 0.144. The fourth-order valence-electron chi connectivity index (χ4n) is 17.5. The van der Waals surface area contributed by atoms with Gasteiger partial charge in [0, 0.05) is 70.5 Å². The van der Waals surface area contributed by atoms with E-state index in [1.807, 2.05) is 60.7 Å². The van der Waals surface area contributed by atoms with Gasteiger partial charge in [0.2, 0.25) is 5.95 Å². The summed E-state index contributed by atoms with van der Waals surface area (Å²) in [5.41, 5.74) is 28.2. The lowest BCUT2D eigenvalue weighted by Gasteiger charge is -2.22. The minimum absolute atomic E-state index is 0.109. The van der Waals surface area contributed by atoms with Crippen LogP contribution in [0, 0.1) is 0 Å². The normalized spacial score (nSPS) is 13.1. The van der Waals surface area contributed by atoms with E-state index in [0.717, 1.165) is 154 Å². The number of pyridine rings is 1. The first kappa shape index (κ1) is 58.6. The summed E-state index contributed by atoms with van der Waals surface area (Å²) in [6.07, 6.45) is 0. The van der Waals surface area contributed by atoms with Gasteiger partial charge in [-0.05, 0) is 187 Å². The summed E-state index contributed by atoms with van der Waals surface area (Å²) in [4.78, 5) is 15.9. The van der Waals surface area contributed by atoms with Crippen molar-refractivity contribution in [1.82, 2.24) is 28.7 Å². The molecule has 0 aliphatic heterocycles. The van der Waals surface area contributed by atoms with Crippen LogP contribution in [0.5, 0.6) is 0 Å². The van der Waals surface area contributed by atoms with Gasteiger partial charge in [0.05, 0.1) is 56.7 Å². The highest BCUT2D eigenvalue weighted by atomic mass is 16.3. The largest absolute Gasteiger partial charge is 0.456 e. The SMILES string of the molecule is CC1(C)c2ccccc2-c2ccc(-c3nc(-n4c5ccccc5c5cc(-c6ccc(-c7ccc8oc9ccccc9c8c7)cc6)ccc54)nc4ccccc34)cc21.[2H]c1c([2H])c([2H])c(-n2c3ccccc3c3cc(-c4ccc(-c5ccc6c(c5)c5ccccc5n6-c5cc(-c6ccccc6)c6ccccc6n5)cc4)ccc32)c([2H])c1[2H]. The molecule has 23 rings (SSSR count). The fourth-order valence-corrected chi connectivity index (χ4v) is 17.5. The van der Waals surface area contributed by atoms with Crippen LogP contribution in [0.2, 0.25) is 0 Å². The first-order chi connectivity index (χ1) is 56.8. The van der Waals surface area contributed by atoms with Crippen molar-refractivity contribution in [3.8, 4) is 95.5 Å². The zero-order valence-electron chi connectivity index (χ0n) is 65.5. The summed E-state index contributed by atoms with van der Waals surface area (Å²) in [5, 5.41) is 11.0. The number of aromatic nitrogens is 6. The van der Waals surface area contributed by atoms with Crippen LogP contribution in [0.25, 0.3) is 205 Å². The molecule has 0 atom stereocenters. The first-order valence-corrected chi connectivity index (χ1v) is 37.6. The third-order valence-corrected chi connectivity index (χ3v) is 22.9. The van der Waals surface area contributed by atoms with E-state index in [4.69, 9.17) is 26.2 Å². The Morgan fingerprint density at radius 3 is 1.32 bits per heavy atom. The van der Waals surface area contributed by atoms with Crippen LogP contribution in [0.15, 0.2) is 380 Å². The van der Waals surface area contributed by atoms with E-state index in [1.54, 1.807) is 4.57 Å². The Hall–Kier alpha value is -14.5. The van der Waals surface area contributed by atoms with Crippen LogP contribution in [-0.2, 0) is 5.41 Å². The Labute approximate surface area is 647 Å². The summed E-state index contributed by atoms with van der Waals surface area (Å²) < 4.78 is 54.6. The van der Waals surface area contributed by atoms with Crippen LogP contribution in [-0.4, -0.2) is 28.7 Å². The molecule has 0 bridgehead atoms. The maximum atomic E-state index is 8.72. The fraction of sp³-hybridized carbons (Fsp3) is 0.0288. The lowest BCUT2D eigenvalue weighted by molar-refractivity contribution is 0.660. The van der Waals surface area contributed by atoms with Crippen molar-refractivity contribution in [2.24, 2.45) is 0 Å². The third kappa shape index (κ3) is 10.4. The lowest BCUT2D eigenvalue weighted by Crippen LogP contribution is -2.15. The minimum Gasteiger partial charge on any atom is -0.456 e. The summed E-state index contributed by atoms with van der Waals surface area (Å²) in [7, 11) is 0. The number of hydrogen-bond acceptors (Lipinski definition) is 4. The first-order valence-electron chi connectivity index (χ1n) is 40.1. The second-order valence-electron chi connectivity index (χ2n) is 29.4. The van der Waals surface area contributed by atoms with Gasteiger partial charge in [0.1, 0.15) is 17.0 Å². The van der Waals surface area contributed by atoms with Crippen LogP contribution < -0.4 is 0 Å². The van der Waals surface area contributed by atoms with Crippen molar-refractivity contribution >= 4 is 109 Å². The van der Waals surface area contributed by atoms with E-state index >= 15 is 0 Å². The highest BCUT2D eigenvalue weighted by Gasteiger charge is 2.36. The van der Waals surface area contributed by atoms with Crippen molar-refractivity contribution in [2.45, 2.75) is 19.3 Å². The number of benzene rings is 16. The van der Waals surface area contributed by atoms with Crippen LogP contribution in [0.3, 0.4) is 0 Å². The molecule has 6 heterocycles. The lowest BCUT2D eigenvalue weighted by atomic mass is 9.82. The Balaban J connectivity index is 0.000000141. The number of nitrogens with zero attached hydrogens (tertiary/aromatic N) is 6. The molecule has 0 saturated heterocycles. The summed E-state index contributed by atoms with van der Waals surface area (Å²) in [6, 6.07) is 120. The highest BCUT2D eigenvalue weighted by Crippen LogP contribution is 2.51. The van der Waals surface area contributed by atoms with Crippen LogP contribution in [0.1, 0.15) is 31.8 Å². The molecule has 520 valence electrons. The van der Waals surface area contributed by atoms with Crippen LogP contribution in [0.4, 0.5) is 0 Å².